The Morgan fingerprint density at radius 1 is 1.42 bits per heavy atom. The molecule has 1 aromatic carbocycles. The van der Waals surface area contributed by atoms with Gasteiger partial charge in [0.1, 0.15) is 5.75 Å². The number of benzene rings is 1. The molecule has 4 nitrogen and oxygen atoms in total. The van der Waals surface area contributed by atoms with E-state index in [0.29, 0.717) is 6.61 Å². The zero-order valence-electron chi connectivity index (χ0n) is 11.3. The van der Waals surface area contributed by atoms with Gasteiger partial charge in [-0.3, -0.25) is 4.79 Å². The van der Waals surface area contributed by atoms with Crippen LogP contribution in [-0.4, -0.2) is 21.9 Å². The van der Waals surface area contributed by atoms with E-state index in [-0.39, 0.29) is 5.78 Å². The number of hydrogen-bond acceptors (Lipinski definition) is 3. The molecule has 0 N–H and O–H groups in total. The number of carbonyl (C=O) groups is 1. The van der Waals surface area contributed by atoms with E-state index in [1.165, 1.54) is 0 Å². The van der Waals surface area contributed by atoms with Crippen molar-refractivity contribution in [3.05, 3.63) is 48.0 Å². The van der Waals surface area contributed by atoms with Crippen molar-refractivity contribution < 1.29 is 9.53 Å². The van der Waals surface area contributed by atoms with Gasteiger partial charge in [0.2, 0.25) is 0 Å². The van der Waals surface area contributed by atoms with Gasteiger partial charge in [-0.2, -0.15) is 0 Å². The summed E-state index contributed by atoms with van der Waals surface area (Å²) in [7, 11) is 0. The lowest BCUT2D eigenvalue weighted by molar-refractivity contribution is 0.101. The molecule has 1 heterocycles. The third kappa shape index (κ3) is 3.68. The molecule has 2 aromatic rings. The van der Waals surface area contributed by atoms with Gasteiger partial charge in [-0.25, -0.2) is 4.98 Å². The molecule has 0 aliphatic rings. The normalized spacial score (nSPS) is 10.4. The highest BCUT2D eigenvalue weighted by Gasteiger charge is 2.04. The minimum atomic E-state index is 0.0785. The molecule has 2 rings (SSSR count). The van der Waals surface area contributed by atoms with Crippen LogP contribution in [0.3, 0.4) is 0 Å². The van der Waals surface area contributed by atoms with Crippen molar-refractivity contribution in [2.45, 2.75) is 26.8 Å². The van der Waals surface area contributed by atoms with E-state index in [2.05, 4.69) is 4.98 Å². The fourth-order valence-electron chi connectivity index (χ4n) is 1.88. The molecule has 0 unspecified atom stereocenters. The Bertz CT molecular complexity index is 547. The van der Waals surface area contributed by atoms with E-state index < -0.39 is 0 Å². The lowest BCUT2D eigenvalue weighted by Crippen LogP contribution is -2.04. The van der Waals surface area contributed by atoms with Gasteiger partial charge < -0.3 is 9.30 Å². The summed E-state index contributed by atoms with van der Waals surface area (Å²) in [6.07, 6.45) is 6.43. The number of Topliss-reactive ketones (excluding diaryl/α,β-unsaturated/α-hetero) is 1. The average molecular weight is 258 g/mol. The standard InChI is InChI=1S/C15H18N2O2/c1-12-10-14(13(2)18)4-5-15(12)19-9-3-7-17-8-6-16-11-17/h4-6,8,10-11H,3,7,9H2,1-2H3. The molecule has 1 aromatic heterocycles. The first kappa shape index (κ1) is 13.3. The maximum Gasteiger partial charge on any atom is 0.159 e. The molecule has 0 spiro atoms. The summed E-state index contributed by atoms with van der Waals surface area (Å²) in [5.74, 6) is 0.922. The van der Waals surface area contributed by atoms with Crippen LogP contribution in [-0.2, 0) is 6.54 Å². The number of imidazole rings is 1. The van der Waals surface area contributed by atoms with Crippen LogP contribution in [0, 0.1) is 6.92 Å². The summed E-state index contributed by atoms with van der Waals surface area (Å²) in [4.78, 5) is 15.2. The summed E-state index contributed by atoms with van der Waals surface area (Å²) in [5.41, 5.74) is 1.72. The summed E-state index contributed by atoms with van der Waals surface area (Å²) in [5, 5.41) is 0. The summed E-state index contributed by atoms with van der Waals surface area (Å²) < 4.78 is 7.75. The van der Waals surface area contributed by atoms with Gasteiger partial charge in [0.05, 0.1) is 12.9 Å². The van der Waals surface area contributed by atoms with Crippen molar-refractivity contribution in [2.75, 3.05) is 6.61 Å². The van der Waals surface area contributed by atoms with Gasteiger partial charge in [-0.05, 0) is 44.0 Å². The molecule has 100 valence electrons. The molecule has 0 saturated heterocycles. The fourth-order valence-corrected chi connectivity index (χ4v) is 1.88. The van der Waals surface area contributed by atoms with Crippen molar-refractivity contribution in [3.63, 3.8) is 0 Å². The number of hydrogen-bond donors (Lipinski definition) is 0. The van der Waals surface area contributed by atoms with Crippen LogP contribution in [0.2, 0.25) is 0 Å². The number of aryl methyl sites for hydroxylation is 2. The molecule has 0 aliphatic heterocycles. The summed E-state index contributed by atoms with van der Waals surface area (Å²) in [6, 6.07) is 5.54. The predicted octanol–water partition coefficient (Wildman–Crippen LogP) is 2.86. The molecule has 4 heteroatoms. The van der Waals surface area contributed by atoms with Crippen molar-refractivity contribution in [1.29, 1.82) is 0 Å². The maximum absolute atomic E-state index is 11.3. The van der Waals surface area contributed by atoms with Crippen LogP contribution in [0.4, 0.5) is 0 Å². The largest absolute Gasteiger partial charge is 0.493 e. The molecule has 0 fully saturated rings. The first-order valence-electron chi connectivity index (χ1n) is 6.37. The second kappa shape index (κ2) is 6.18. The number of nitrogens with zero attached hydrogens (tertiary/aromatic N) is 2. The minimum Gasteiger partial charge on any atom is -0.493 e. The first-order chi connectivity index (χ1) is 9.16. The molecule has 0 radical (unpaired) electrons. The lowest BCUT2D eigenvalue weighted by atomic mass is 10.1. The minimum absolute atomic E-state index is 0.0785. The van der Waals surface area contributed by atoms with E-state index in [4.69, 9.17) is 4.74 Å². The van der Waals surface area contributed by atoms with Gasteiger partial charge in [0.15, 0.2) is 5.78 Å². The fraction of sp³-hybridized carbons (Fsp3) is 0.333. The van der Waals surface area contributed by atoms with E-state index in [1.54, 1.807) is 25.5 Å². The van der Waals surface area contributed by atoms with Crippen LogP contribution in [0.1, 0.15) is 29.3 Å². The Kier molecular flexibility index (Phi) is 4.34. The Labute approximate surface area is 113 Å². The van der Waals surface area contributed by atoms with Gasteiger partial charge in [0.25, 0.3) is 0 Å². The highest BCUT2D eigenvalue weighted by Crippen LogP contribution is 2.19. The molecule has 0 atom stereocenters. The average Bonchev–Trinajstić information content (AvgIpc) is 2.89. The number of carbonyl (C=O) groups excluding carboxylic acids is 1. The van der Waals surface area contributed by atoms with Crippen LogP contribution >= 0.6 is 0 Å². The topological polar surface area (TPSA) is 44.1 Å². The van der Waals surface area contributed by atoms with Crippen molar-refractivity contribution >= 4 is 5.78 Å². The number of ketones is 1. The second-order valence-corrected chi connectivity index (χ2v) is 4.54. The highest BCUT2D eigenvalue weighted by atomic mass is 16.5. The van der Waals surface area contributed by atoms with Crippen LogP contribution < -0.4 is 4.74 Å². The Morgan fingerprint density at radius 2 is 2.26 bits per heavy atom. The second-order valence-electron chi connectivity index (χ2n) is 4.54. The van der Waals surface area contributed by atoms with Gasteiger partial charge in [-0.15, -0.1) is 0 Å². The Hall–Kier alpha value is -2.10. The summed E-state index contributed by atoms with van der Waals surface area (Å²) >= 11 is 0. The third-order valence-corrected chi connectivity index (χ3v) is 2.96. The SMILES string of the molecule is CC(=O)c1ccc(OCCCn2ccnc2)c(C)c1. The molecular formula is C15H18N2O2. The molecule has 0 amide bonds. The van der Waals surface area contributed by atoms with Gasteiger partial charge in [0, 0.05) is 24.5 Å². The van der Waals surface area contributed by atoms with Crippen LogP contribution in [0.25, 0.3) is 0 Å². The van der Waals surface area contributed by atoms with E-state index >= 15 is 0 Å². The predicted molar refractivity (Wildman–Crippen MR) is 73.5 cm³/mol. The maximum atomic E-state index is 11.3. The van der Waals surface area contributed by atoms with Crippen LogP contribution in [0.15, 0.2) is 36.9 Å². The molecule has 0 bridgehead atoms. The van der Waals surface area contributed by atoms with Gasteiger partial charge in [-0.1, -0.05) is 0 Å². The quantitative estimate of drug-likeness (QED) is 0.591. The van der Waals surface area contributed by atoms with Crippen molar-refractivity contribution in [2.24, 2.45) is 0 Å². The number of rotatable bonds is 6. The molecule has 19 heavy (non-hydrogen) atoms. The monoisotopic (exact) mass is 258 g/mol. The molecule has 0 saturated carbocycles. The Morgan fingerprint density at radius 3 is 2.89 bits per heavy atom. The number of ether oxygens (including phenoxy) is 1. The number of aromatic nitrogens is 2. The van der Waals surface area contributed by atoms with E-state index in [1.807, 2.05) is 29.8 Å². The molecular weight excluding hydrogens is 240 g/mol. The zero-order valence-corrected chi connectivity index (χ0v) is 11.3. The van der Waals surface area contributed by atoms with Gasteiger partial charge >= 0.3 is 0 Å². The summed E-state index contributed by atoms with van der Waals surface area (Å²) in [6.45, 7) is 5.07. The van der Waals surface area contributed by atoms with Crippen molar-refractivity contribution in [1.82, 2.24) is 9.55 Å². The molecule has 0 aliphatic carbocycles. The highest BCUT2D eigenvalue weighted by molar-refractivity contribution is 5.94. The first-order valence-corrected chi connectivity index (χ1v) is 6.37. The Balaban J connectivity index is 1.84. The smallest absolute Gasteiger partial charge is 0.159 e. The third-order valence-electron chi connectivity index (χ3n) is 2.96. The van der Waals surface area contributed by atoms with E-state index in [0.717, 1.165) is 29.8 Å². The zero-order chi connectivity index (χ0) is 13.7. The van der Waals surface area contributed by atoms with Crippen LogP contribution in [0.5, 0.6) is 5.75 Å². The van der Waals surface area contributed by atoms with E-state index in [9.17, 15) is 4.79 Å². The van der Waals surface area contributed by atoms with Crippen molar-refractivity contribution in [3.8, 4) is 5.75 Å². The lowest BCUT2D eigenvalue weighted by Gasteiger charge is -2.10.